The lowest BCUT2D eigenvalue weighted by atomic mass is 10.1. The average Bonchev–Trinajstić information content (AvgIpc) is 2.35. The van der Waals surface area contributed by atoms with E-state index in [-0.39, 0.29) is 18.6 Å². The number of hydrogen-bond donors (Lipinski definition) is 1. The van der Waals surface area contributed by atoms with Crippen LogP contribution in [-0.2, 0) is 9.78 Å². The molecule has 0 saturated carbocycles. The van der Waals surface area contributed by atoms with Crippen LogP contribution in [0.25, 0.3) is 0 Å². The second-order valence-corrected chi connectivity index (χ2v) is 5.17. The smallest absolute Gasteiger partial charge is 0.373 e. The van der Waals surface area contributed by atoms with E-state index in [1.165, 1.54) is 24.3 Å². The topological polar surface area (TPSA) is 55.8 Å². The zero-order valence-electron chi connectivity index (χ0n) is 11.4. The number of carbonyl (C=O) groups is 1. The van der Waals surface area contributed by atoms with Crippen molar-refractivity contribution in [3.63, 3.8) is 0 Å². The maximum atomic E-state index is 13.5. The monoisotopic (exact) mass is 270 g/mol. The maximum absolute atomic E-state index is 13.5. The van der Waals surface area contributed by atoms with Crippen molar-refractivity contribution in [1.82, 2.24) is 0 Å². The standard InChI is InChI=1S/C14H19FO4/c1-14(2,3)19-18-13(17)11-6-4-10(5-7-11)12(15)8-9-16/h4-7,12,16H,8-9H2,1-3H3. The highest BCUT2D eigenvalue weighted by molar-refractivity contribution is 5.88. The van der Waals surface area contributed by atoms with Crippen LogP contribution in [0.15, 0.2) is 24.3 Å². The van der Waals surface area contributed by atoms with Crippen LogP contribution in [-0.4, -0.2) is 23.3 Å². The van der Waals surface area contributed by atoms with E-state index in [4.69, 9.17) is 9.99 Å². The van der Waals surface area contributed by atoms with Crippen molar-refractivity contribution < 1.29 is 24.1 Å². The molecule has 1 rings (SSSR count). The summed E-state index contributed by atoms with van der Waals surface area (Å²) in [4.78, 5) is 21.2. The average molecular weight is 270 g/mol. The molecular formula is C14H19FO4. The van der Waals surface area contributed by atoms with Gasteiger partial charge in [0.15, 0.2) is 0 Å². The largest absolute Gasteiger partial charge is 0.396 e. The van der Waals surface area contributed by atoms with Gasteiger partial charge in [-0.15, -0.1) is 0 Å². The summed E-state index contributed by atoms with van der Waals surface area (Å²) in [6.07, 6.45) is -1.20. The molecule has 0 spiro atoms. The minimum absolute atomic E-state index is 0.0386. The molecule has 1 unspecified atom stereocenters. The lowest BCUT2D eigenvalue weighted by Gasteiger charge is -2.16. The summed E-state index contributed by atoms with van der Waals surface area (Å²) in [5.41, 5.74) is 0.118. The van der Waals surface area contributed by atoms with Crippen LogP contribution in [0.2, 0.25) is 0 Å². The molecule has 5 heteroatoms. The molecule has 1 aromatic carbocycles. The summed E-state index contributed by atoms with van der Waals surface area (Å²) in [5, 5.41) is 8.66. The van der Waals surface area contributed by atoms with Gasteiger partial charge >= 0.3 is 5.97 Å². The van der Waals surface area contributed by atoms with Gasteiger partial charge in [0.1, 0.15) is 11.8 Å². The first-order chi connectivity index (χ1) is 8.83. The maximum Gasteiger partial charge on any atom is 0.373 e. The molecule has 1 aromatic rings. The third kappa shape index (κ3) is 5.36. The van der Waals surface area contributed by atoms with Crippen molar-refractivity contribution >= 4 is 5.97 Å². The van der Waals surface area contributed by atoms with Crippen LogP contribution in [0.5, 0.6) is 0 Å². The fourth-order valence-electron chi connectivity index (χ4n) is 1.32. The second-order valence-electron chi connectivity index (χ2n) is 5.17. The minimum atomic E-state index is -1.24. The summed E-state index contributed by atoms with van der Waals surface area (Å²) >= 11 is 0. The number of benzene rings is 1. The van der Waals surface area contributed by atoms with Crippen LogP contribution in [0.1, 0.15) is 49.3 Å². The van der Waals surface area contributed by atoms with Crippen LogP contribution >= 0.6 is 0 Å². The Bertz CT molecular complexity index is 408. The summed E-state index contributed by atoms with van der Waals surface area (Å²) < 4.78 is 13.5. The van der Waals surface area contributed by atoms with E-state index in [9.17, 15) is 9.18 Å². The first-order valence-electron chi connectivity index (χ1n) is 6.08. The predicted octanol–water partition coefficient (Wildman–Crippen LogP) is 2.97. The molecular weight excluding hydrogens is 251 g/mol. The SMILES string of the molecule is CC(C)(C)OOC(=O)c1ccc(C(F)CCO)cc1. The number of rotatable bonds is 5. The van der Waals surface area contributed by atoms with Crippen molar-refractivity contribution in [2.75, 3.05) is 6.61 Å². The Morgan fingerprint density at radius 1 is 1.32 bits per heavy atom. The first kappa shape index (κ1) is 15.6. The molecule has 1 N–H and O–H groups in total. The summed E-state index contributed by atoms with van der Waals surface area (Å²) in [6, 6.07) is 5.92. The van der Waals surface area contributed by atoms with Crippen LogP contribution in [0.3, 0.4) is 0 Å². The van der Waals surface area contributed by atoms with Crippen molar-refractivity contribution in [2.45, 2.75) is 39.0 Å². The molecule has 19 heavy (non-hydrogen) atoms. The van der Waals surface area contributed by atoms with E-state index >= 15 is 0 Å². The fourth-order valence-corrected chi connectivity index (χ4v) is 1.32. The lowest BCUT2D eigenvalue weighted by Crippen LogP contribution is -2.21. The third-order valence-electron chi connectivity index (χ3n) is 2.26. The quantitative estimate of drug-likeness (QED) is 0.660. The summed E-state index contributed by atoms with van der Waals surface area (Å²) in [7, 11) is 0. The zero-order valence-corrected chi connectivity index (χ0v) is 11.4. The van der Waals surface area contributed by atoms with Crippen LogP contribution in [0, 0.1) is 0 Å². The van der Waals surface area contributed by atoms with Crippen LogP contribution < -0.4 is 0 Å². The molecule has 0 amide bonds. The van der Waals surface area contributed by atoms with Gasteiger partial charge in [0, 0.05) is 13.0 Å². The van der Waals surface area contributed by atoms with Gasteiger partial charge in [-0.05, 0) is 38.5 Å². The Labute approximate surface area is 112 Å². The van der Waals surface area contributed by atoms with E-state index in [0.717, 1.165) is 0 Å². The molecule has 0 aliphatic rings. The summed E-state index contributed by atoms with van der Waals surface area (Å²) in [5.74, 6) is -0.626. The highest BCUT2D eigenvalue weighted by Crippen LogP contribution is 2.21. The van der Waals surface area contributed by atoms with Gasteiger partial charge in [0.05, 0.1) is 5.56 Å². The fraction of sp³-hybridized carbons (Fsp3) is 0.500. The Kier molecular flexibility index (Phi) is 5.44. The van der Waals surface area contributed by atoms with Crippen LogP contribution in [0.4, 0.5) is 4.39 Å². The van der Waals surface area contributed by atoms with Crippen molar-refractivity contribution in [3.05, 3.63) is 35.4 Å². The van der Waals surface area contributed by atoms with E-state index in [0.29, 0.717) is 5.56 Å². The minimum Gasteiger partial charge on any atom is -0.396 e. The molecule has 1 atom stereocenters. The molecule has 0 bridgehead atoms. The Hall–Kier alpha value is -1.46. The Morgan fingerprint density at radius 2 is 1.89 bits per heavy atom. The number of carbonyl (C=O) groups excluding carboxylic acids is 1. The molecule has 0 radical (unpaired) electrons. The number of halogens is 1. The molecule has 106 valence electrons. The van der Waals surface area contributed by atoms with E-state index in [2.05, 4.69) is 4.89 Å². The number of aliphatic hydroxyl groups excluding tert-OH is 1. The lowest BCUT2D eigenvalue weighted by molar-refractivity contribution is -0.301. The van der Waals surface area contributed by atoms with E-state index < -0.39 is 17.7 Å². The first-order valence-corrected chi connectivity index (χ1v) is 6.08. The molecule has 0 saturated heterocycles. The van der Waals surface area contributed by atoms with Crippen molar-refractivity contribution in [3.8, 4) is 0 Å². The molecule has 0 fully saturated rings. The van der Waals surface area contributed by atoms with Gasteiger partial charge in [0.2, 0.25) is 0 Å². The molecule has 0 heterocycles. The zero-order chi connectivity index (χ0) is 14.5. The van der Waals surface area contributed by atoms with Gasteiger partial charge in [-0.3, -0.25) is 4.89 Å². The predicted molar refractivity (Wildman–Crippen MR) is 68.2 cm³/mol. The van der Waals surface area contributed by atoms with Crippen molar-refractivity contribution in [1.29, 1.82) is 0 Å². The highest BCUT2D eigenvalue weighted by Gasteiger charge is 2.17. The van der Waals surface area contributed by atoms with Crippen molar-refractivity contribution in [2.24, 2.45) is 0 Å². The Morgan fingerprint density at radius 3 is 2.37 bits per heavy atom. The molecule has 4 nitrogen and oxygen atoms in total. The number of aliphatic hydroxyl groups is 1. The molecule has 0 aliphatic heterocycles. The van der Waals surface area contributed by atoms with Gasteiger partial charge < -0.3 is 5.11 Å². The highest BCUT2D eigenvalue weighted by atomic mass is 19.1. The molecule has 0 aliphatic carbocycles. The van der Waals surface area contributed by atoms with E-state index in [1.807, 2.05) is 0 Å². The van der Waals surface area contributed by atoms with Gasteiger partial charge in [-0.25, -0.2) is 9.18 Å². The van der Waals surface area contributed by atoms with Gasteiger partial charge in [-0.1, -0.05) is 12.1 Å². The number of hydrogen-bond acceptors (Lipinski definition) is 4. The second kappa shape index (κ2) is 6.63. The van der Waals surface area contributed by atoms with Gasteiger partial charge in [-0.2, -0.15) is 4.89 Å². The number of alkyl halides is 1. The summed E-state index contributed by atoms with van der Waals surface area (Å²) in [6.45, 7) is 5.05. The normalized spacial score (nSPS) is 13.1. The van der Waals surface area contributed by atoms with E-state index in [1.54, 1.807) is 20.8 Å². The Balaban J connectivity index is 2.63. The van der Waals surface area contributed by atoms with Gasteiger partial charge in [0.25, 0.3) is 0 Å². The third-order valence-corrected chi connectivity index (χ3v) is 2.26. The molecule has 0 aromatic heterocycles.